The van der Waals surface area contributed by atoms with E-state index in [0.717, 1.165) is 33.8 Å². The predicted molar refractivity (Wildman–Crippen MR) is 146 cm³/mol. The first-order valence-corrected chi connectivity index (χ1v) is 13.5. The molecule has 5 rings (SSSR count). The van der Waals surface area contributed by atoms with Crippen molar-refractivity contribution in [1.82, 2.24) is 19.4 Å². The Hall–Kier alpha value is -3.78. The van der Waals surface area contributed by atoms with Gasteiger partial charge in [-0.15, -0.1) is 11.3 Å². The van der Waals surface area contributed by atoms with Gasteiger partial charge in [0, 0.05) is 24.4 Å². The third-order valence-electron chi connectivity index (χ3n) is 7.07. The van der Waals surface area contributed by atoms with E-state index in [4.69, 9.17) is 0 Å². The Morgan fingerprint density at radius 2 is 1.76 bits per heavy atom. The zero-order valence-electron chi connectivity index (χ0n) is 21.3. The van der Waals surface area contributed by atoms with Gasteiger partial charge in [-0.3, -0.25) is 14.2 Å². The summed E-state index contributed by atoms with van der Waals surface area (Å²) in [5.41, 5.74) is 3.33. The fraction of sp³-hybridized carbons (Fsp3) is 0.310. The van der Waals surface area contributed by atoms with Gasteiger partial charge in [-0.05, 0) is 42.9 Å². The van der Waals surface area contributed by atoms with E-state index < -0.39 is 11.5 Å². The summed E-state index contributed by atoms with van der Waals surface area (Å²) in [6.45, 7) is 6.95. The van der Waals surface area contributed by atoms with E-state index in [-0.39, 0.29) is 23.2 Å². The van der Waals surface area contributed by atoms with Crippen molar-refractivity contribution in [3.63, 3.8) is 0 Å². The van der Waals surface area contributed by atoms with E-state index in [1.54, 1.807) is 9.47 Å². The lowest BCUT2D eigenvalue weighted by atomic mass is 9.99. The number of likely N-dealkylation sites (tertiary alicyclic amines) is 1. The lowest BCUT2D eigenvalue weighted by Crippen LogP contribution is -2.34. The molecule has 0 unspecified atom stereocenters. The SMILES string of the molecule is CCc1cccc(CC)c1-n1c(-c2csc(C)n2)nc(=O)c(C(=O)N2CC[C@H](c3ccccc3)C2)c1O. The summed E-state index contributed by atoms with van der Waals surface area (Å²) in [5.74, 6) is -0.450. The molecule has 0 saturated carbocycles. The van der Waals surface area contributed by atoms with Crippen molar-refractivity contribution in [2.75, 3.05) is 13.1 Å². The minimum absolute atomic E-state index is 0.187. The molecule has 1 amide bonds. The maximum absolute atomic E-state index is 13.7. The zero-order valence-corrected chi connectivity index (χ0v) is 22.1. The van der Waals surface area contributed by atoms with E-state index in [2.05, 4.69) is 22.1 Å². The second-order valence-corrected chi connectivity index (χ2v) is 10.4. The average Bonchev–Trinajstić information content (AvgIpc) is 3.58. The standard InChI is InChI=1S/C29H30N4O3S/c1-4-19-12-9-13-20(5-2)25(19)33-26(23-17-37-18(3)30-23)31-27(34)24(29(33)36)28(35)32-15-14-22(16-32)21-10-7-6-8-11-21/h6-13,17,22,36H,4-5,14-16H2,1-3H3/t22-/m0/s1. The maximum atomic E-state index is 13.7. The molecule has 7 nitrogen and oxygen atoms in total. The van der Waals surface area contributed by atoms with Gasteiger partial charge in [0.25, 0.3) is 11.5 Å². The number of para-hydroxylation sites is 1. The predicted octanol–water partition coefficient (Wildman–Crippen LogP) is 5.12. The van der Waals surface area contributed by atoms with Crippen molar-refractivity contribution in [2.24, 2.45) is 0 Å². The van der Waals surface area contributed by atoms with Crippen LogP contribution in [0.3, 0.4) is 0 Å². The van der Waals surface area contributed by atoms with Crippen LogP contribution in [0.2, 0.25) is 0 Å². The molecule has 8 heteroatoms. The molecule has 2 aromatic carbocycles. The number of carbonyl (C=O) groups is 1. The normalized spacial score (nSPS) is 15.3. The molecule has 1 N–H and O–H groups in total. The number of aromatic hydroxyl groups is 1. The van der Waals surface area contributed by atoms with E-state index in [1.165, 1.54) is 11.3 Å². The van der Waals surface area contributed by atoms with Gasteiger partial charge in [0.15, 0.2) is 11.4 Å². The molecule has 4 aromatic rings. The number of carbonyl (C=O) groups excluding carboxylic acids is 1. The summed E-state index contributed by atoms with van der Waals surface area (Å²) in [5, 5.41) is 14.3. The summed E-state index contributed by atoms with van der Waals surface area (Å²) < 4.78 is 1.56. The molecule has 1 aliphatic rings. The molecular weight excluding hydrogens is 484 g/mol. The Kier molecular flexibility index (Phi) is 6.93. The highest BCUT2D eigenvalue weighted by Gasteiger charge is 2.33. The van der Waals surface area contributed by atoms with Crippen molar-refractivity contribution in [3.8, 4) is 23.1 Å². The second kappa shape index (κ2) is 10.3. The monoisotopic (exact) mass is 514 g/mol. The summed E-state index contributed by atoms with van der Waals surface area (Å²) in [6.07, 6.45) is 2.21. The molecule has 190 valence electrons. The number of hydrogen-bond acceptors (Lipinski definition) is 6. The Morgan fingerprint density at radius 1 is 1.05 bits per heavy atom. The van der Waals surface area contributed by atoms with E-state index in [1.807, 2.05) is 62.5 Å². The lowest BCUT2D eigenvalue weighted by molar-refractivity contribution is 0.0784. The Balaban J connectivity index is 1.66. The lowest BCUT2D eigenvalue weighted by Gasteiger charge is -2.23. The number of aryl methyl sites for hydroxylation is 3. The van der Waals surface area contributed by atoms with Crippen molar-refractivity contribution in [1.29, 1.82) is 0 Å². The van der Waals surface area contributed by atoms with Crippen LogP contribution in [0.5, 0.6) is 5.88 Å². The fourth-order valence-electron chi connectivity index (χ4n) is 5.15. The topological polar surface area (TPSA) is 88.3 Å². The molecule has 3 heterocycles. The van der Waals surface area contributed by atoms with Gasteiger partial charge < -0.3 is 10.0 Å². The van der Waals surface area contributed by atoms with Gasteiger partial charge in [-0.25, -0.2) is 4.98 Å². The average molecular weight is 515 g/mol. The van der Waals surface area contributed by atoms with Crippen LogP contribution in [-0.2, 0) is 12.8 Å². The number of benzene rings is 2. The maximum Gasteiger partial charge on any atom is 0.290 e. The van der Waals surface area contributed by atoms with E-state index in [0.29, 0.717) is 31.6 Å². The van der Waals surface area contributed by atoms with Crippen molar-refractivity contribution >= 4 is 17.2 Å². The highest BCUT2D eigenvalue weighted by atomic mass is 32.1. The van der Waals surface area contributed by atoms with Crippen LogP contribution >= 0.6 is 11.3 Å². The number of thiazole rings is 1. The molecule has 1 atom stereocenters. The third-order valence-corrected chi connectivity index (χ3v) is 7.84. The van der Waals surface area contributed by atoms with Gasteiger partial charge in [-0.1, -0.05) is 62.4 Å². The largest absolute Gasteiger partial charge is 0.493 e. The summed E-state index contributed by atoms with van der Waals surface area (Å²) in [7, 11) is 0. The van der Waals surface area contributed by atoms with Crippen molar-refractivity contribution in [2.45, 2.75) is 46.0 Å². The first kappa shape index (κ1) is 24.9. The van der Waals surface area contributed by atoms with Crippen LogP contribution in [0.1, 0.15) is 58.2 Å². The van der Waals surface area contributed by atoms with Gasteiger partial charge in [0.05, 0.1) is 10.7 Å². The van der Waals surface area contributed by atoms with Gasteiger partial charge in [-0.2, -0.15) is 4.98 Å². The van der Waals surface area contributed by atoms with Crippen LogP contribution in [-0.4, -0.2) is 43.5 Å². The van der Waals surface area contributed by atoms with Crippen LogP contribution in [0.4, 0.5) is 0 Å². The number of hydrogen-bond donors (Lipinski definition) is 1. The van der Waals surface area contributed by atoms with Crippen molar-refractivity contribution < 1.29 is 9.90 Å². The minimum Gasteiger partial charge on any atom is -0.493 e. The van der Waals surface area contributed by atoms with Crippen LogP contribution in [0, 0.1) is 6.92 Å². The summed E-state index contributed by atoms with van der Waals surface area (Å²) in [4.78, 5) is 37.6. The first-order valence-electron chi connectivity index (χ1n) is 12.7. The third kappa shape index (κ3) is 4.57. The highest BCUT2D eigenvalue weighted by Crippen LogP contribution is 2.34. The molecule has 0 aliphatic carbocycles. The fourth-order valence-corrected chi connectivity index (χ4v) is 5.74. The Labute approximate surface area is 220 Å². The minimum atomic E-state index is -0.741. The van der Waals surface area contributed by atoms with Gasteiger partial charge in [0.1, 0.15) is 5.69 Å². The summed E-state index contributed by atoms with van der Waals surface area (Å²) >= 11 is 1.44. The van der Waals surface area contributed by atoms with Crippen LogP contribution in [0.15, 0.2) is 58.7 Å². The van der Waals surface area contributed by atoms with Crippen molar-refractivity contribution in [3.05, 3.63) is 91.5 Å². The van der Waals surface area contributed by atoms with Gasteiger partial charge >= 0.3 is 0 Å². The summed E-state index contributed by atoms with van der Waals surface area (Å²) in [6, 6.07) is 16.0. The smallest absolute Gasteiger partial charge is 0.290 e. The van der Waals surface area contributed by atoms with Crippen LogP contribution in [0.25, 0.3) is 17.2 Å². The Morgan fingerprint density at radius 3 is 2.38 bits per heavy atom. The van der Waals surface area contributed by atoms with E-state index in [9.17, 15) is 14.7 Å². The molecule has 1 saturated heterocycles. The molecule has 1 fully saturated rings. The first-order chi connectivity index (χ1) is 17.9. The van der Waals surface area contributed by atoms with E-state index >= 15 is 0 Å². The number of nitrogens with zero attached hydrogens (tertiary/aromatic N) is 4. The molecule has 0 bridgehead atoms. The zero-order chi connectivity index (χ0) is 26.1. The molecular formula is C29H30N4O3S. The number of amides is 1. The molecule has 2 aromatic heterocycles. The second-order valence-electron chi connectivity index (χ2n) is 9.31. The Bertz CT molecular complexity index is 1490. The number of aromatic nitrogens is 3. The molecule has 0 spiro atoms. The molecule has 0 radical (unpaired) electrons. The highest BCUT2D eigenvalue weighted by molar-refractivity contribution is 7.09. The number of rotatable bonds is 6. The molecule has 1 aliphatic heterocycles. The van der Waals surface area contributed by atoms with Crippen LogP contribution < -0.4 is 5.56 Å². The quantitative estimate of drug-likeness (QED) is 0.386. The molecule has 37 heavy (non-hydrogen) atoms. The van der Waals surface area contributed by atoms with Gasteiger partial charge in [0.2, 0.25) is 5.88 Å².